The number of nitrogen functional groups attached to an aromatic ring is 1. The van der Waals surface area contributed by atoms with Gasteiger partial charge in [0.05, 0.1) is 11.9 Å². The Hall–Kier alpha value is -2.25. The van der Waals surface area contributed by atoms with Crippen molar-refractivity contribution < 1.29 is 9.53 Å². The van der Waals surface area contributed by atoms with Gasteiger partial charge in [0, 0.05) is 25.2 Å². The number of nitrogens with zero attached hydrogens (tertiary/aromatic N) is 3. The Balaban J connectivity index is 1.89. The molecular weight excluding hydrogens is 332 g/mol. The average molecular weight is 364 g/mol. The zero-order chi connectivity index (χ0) is 19.5. The van der Waals surface area contributed by atoms with Crippen LogP contribution in [-0.4, -0.2) is 51.7 Å². The highest BCUT2D eigenvalue weighted by Crippen LogP contribution is 2.22. The minimum Gasteiger partial charge on any atom is -0.444 e. The van der Waals surface area contributed by atoms with Gasteiger partial charge in [-0.1, -0.05) is 0 Å². The summed E-state index contributed by atoms with van der Waals surface area (Å²) in [6.45, 7) is 13.8. The second-order valence-electron chi connectivity index (χ2n) is 8.83. The number of nitrogens with two attached hydrogens (primary N) is 1. The van der Waals surface area contributed by atoms with Gasteiger partial charge in [-0.25, -0.2) is 9.78 Å². The maximum atomic E-state index is 12.1. The molecule has 4 N–H and O–H groups in total. The van der Waals surface area contributed by atoms with E-state index in [-0.39, 0.29) is 11.6 Å². The van der Waals surface area contributed by atoms with Gasteiger partial charge in [-0.05, 0) is 53.9 Å². The fraction of sp³-hybridized carbons (Fsp3) is 0.722. The Morgan fingerprint density at radius 1 is 1.35 bits per heavy atom. The average Bonchev–Trinajstić information content (AvgIpc) is 2.93. The molecule has 8 nitrogen and oxygen atoms in total. The number of carbonyl (C=O) groups excluding carboxylic acids is 1. The summed E-state index contributed by atoms with van der Waals surface area (Å²) in [5.74, 6) is 1.48. The first-order valence-electron chi connectivity index (χ1n) is 9.05. The fourth-order valence-corrected chi connectivity index (χ4v) is 2.66. The summed E-state index contributed by atoms with van der Waals surface area (Å²) < 4.78 is 5.43. The Morgan fingerprint density at radius 3 is 2.65 bits per heavy atom. The molecule has 8 heteroatoms. The van der Waals surface area contributed by atoms with Crippen molar-refractivity contribution in [2.75, 3.05) is 36.0 Å². The van der Waals surface area contributed by atoms with Crippen molar-refractivity contribution in [1.29, 1.82) is 0 Å². The highest BCUT2D eigenvalue weighted by molar-refractivity contribution is 5.68. The summed E-state index contributed by atoms with van der Waals surface area (Å²) in [5, 5.41) is 6.53. The van der Waals surface area contributed by atoms with Crippen molar-refractivity contribution >= 4 is 23.5 Å². The van der Waals surface area contributed by atoms with Crippen LogP contribution in [0.3, 0.4) is 0 Å². The third-order valence-electron chi connectivity index (χ3n) is 3.80. The van der Waals surface area contributed by atoms with Crippen LogP contribution in [0.1, 0.15) is 48.0 Å². The topological polar surface area (TPSA) is 105 Å². The summed E-state index contributed by atoms with van der Waals surface area (Å²) in [6.07, 6.45) is 2.27. The van der Waals surface area contributed by atoms with Gasteiger partial charge in [-0.2, -0.15) is 4.98 Å². The predicted octanol–water partition coefficient (Wildman–Crippen LogP) is 2.94. The number of rotatable bonds is 4. The first kappa shape index (κ1) is 20.1. The van der Waals surface area contributed by atoms with E-state index in [1.54, 1.807) is 11.1 Å². The summed E-state index contributed by atoms with van der Waals surface area (Å²) in [4.78, 5) is 22.6. The number of hydrogen-bond acceptors (Lipinski definition) is 7. The van der Waals surface area contributed by atoms with Crippen LogP contribution >= 0.6 is 0 Å². The van der Waals surface area contributed by atoms with Crippen LogP contribution in [0, 0.1) is 5.92 Å². The van der Waals surface area contributed by atoms with Crippen LogP contribution in [0.5, 0.6) is 0 Å². The molecule has 2 heterocycles. The van der Waals surface area contributed by atoms with Crippen LogP contribution in [0.2, 0.25) is 0 Å². The smallest absolute Gasteiger partial charge is 0.410 e. The number of aromatic nitrogens is 2. The second-order valence-corrected chi connectivity index (χ2v) is 8.83. The van der Waals surface area contributed by atoms with E-state index in [1.807, 2.05) is 41.5 Å². The summed E-state index contributed by atoms with van der Waals surface area (Å²) in [6, 6.07) is 0. The van der Waals surface area contributed by atoms with Crippen molar-refractivity contribution in [3.8, 4) is 0 Å². The number of ether oxygens (including phenoxy) is 1. The number of carbonyl (C=O) groups is 1. The number of amides is 1. The molecule has 1 saturated heterocycles. The fourth-order valence-electron chi connectivity index (χ4n) is 2.66. The third-order valence-corrected chi connectivity index (χ3v) is 3.80. The van der Waals surface area contributed by atoms with Crippen LogP contribution in [0.15, 0.2) is 6.20 Å². The van der Waals surface area contributed by atoms with E-state index in [1.165, 1.54) is 0 Å². The molecule has 1 atom stereocenters. The van der Waals surface area contributed by atoms with Gasteiger partial charge >= 0.3 is 6.09 Å². The molecule has 26 heavy (non-hydrogen) atoms. The largest absolute Gasteiger partial charge is 0.444 e. The molecule has 0 aliphatic carbocycles. The van der Waals surface area contributed by atoms with Crippen LogP contribution < -0.4 is 16.4 Å². The van der Waals surface area contributed by atoms with Crippen LogP contribution in [-0.2, 0) is 4.74 Å². The molecule has 0 aromatic carbocycles. The molecule has 0 bridgehead atoms. The van der Waals surface area contributed by atoms with E-state index >= 15 is 0 Å². The summed E-state index contributed by atoms with van der Waals surface area (Å²) >= 11 is 0. The number of nitrogens with one attached hydrogen (secondary N) is 2. The lowest BCUT2D eigenvalue weighted by molar-refractivity contribution is 0.0289. The monoisotopic (exact) mass is 364 g/mol. The Bertz CT molecular complexity index is 636. The summed E-state index contributed by atoms with van der Waals surface area (Å²) in [5.41, 5.74) is 5.88. The van der Waals surface area contributed by atoms with Crippen LogP contribution in [0.4, 0.5) is 22.2 Å². The predicted molar refractivity (Wildman–Crippen MR) is 104 cm³/mol. The number of hydrogen-bond donors (Lipinski definition) is 3. The minimum absolute atomic E-state index is 0.132. The molecule has 1 aromatic heterocycles. The van der Waals surface area contributed by atoms with Gasteiger partial charge in [0.15, 0.2) is 5.82 Å². The maximum Gasteiger partial charge on any atom is 0.410 e. The minimum atomic E-state index is -0.473. The van der Waals surface area contributed by atoms with E-state index in [4.69, 9.17) is 10.5 Å². The molecule has 0 radical (unpaired) electrons. The third kappa shape index (κ3) is 6.24. The quantitative estimate of drug-likeness (QED) is 0.754. The van der Waals surface area contributed by atoms with Gasteiger partial charge < -0.3 is 26.0 Å². The molecule has 0 spiro atoms. The van der Waals surface area contributed by atoms with Crippen molar-refractivity contribution in [2.45, 2.75) is 59.1 Å². The van der Waals surface area contributed by atoms with E-state index in [0.717, 1.165) is 6.42 Å². The highest BCUT2D eigenvalue weighted by Gasteiger charge is 2.29. The van der Waals surface area contributed by atoms with Crippen molar-refractivity contribution in [2.24, 2.45) is 5.92 Å². The Labute approximate surface area is 155 Å². The lowest BCUT2D eigenvalue weighted by Crippen LogP contribution is -2.35. The molecule has 146 valence electrons. The normalized spacial score (nSPS) is 17.9. The van der Waals surface area contributed by atoms with Gasteiger partial charge in [-0.15, -0.1) is 0 Å². The molecule has 0 saturated carbocycles. The molecule has 1 amide bonds. The first-order valence-corrected chi connectivity index (χ1v) is 9.05. The molecule has 1 unspecified atom stereocenters. The number of likely N-dealkylation sites (tertiary alicyclic amines) is 1. The van der Waals surface area contributed by atoms with Gasteiger partial charge in [0.1, 0.15) is 5.60 Å². The first-order chi connectivity index (χ1) is 11.9. The standard InChI is InChI=1S/C18H32N6O2/c1-17(2,3)23-15-21-10-13(19)14(22-15)20-9-12-7-8-24(11-12)16(25)26-18(4,5)6/h10,12H,7-9,11,19H2,1-6H3,(H2,20,21,22,23). The second kappa shape index (κ2) is 7.55. The van der Waals surface area contributed by atoms with Crippen molar-refractivity contribution in [3.05, 3.63) is 6.20 Å². The van der Waals surface area contributed by atoms with E-state index in [0.29, 0.717) is 43.0 Å². The zero-order valence-corrected chi connectivity index (χ0v) is 16.7. The Morgan fingerprint density at radius 2 is 2.04 bits per heavy atom. The van der Waals surface area contributed by atoms with Gasteiger partial charge in [-0.3, -0.25) is 0 Å². The van der Waals surface area contributed by atoms with Crippen molar-refractivity contribution in [3.63, 3.8) is 0 Å². The van der Waals surface area contributed by atoms with E-state index < -0.39 is 5.60 Å². The molecule has 1 aliphatic heterocycles. The molecule has 1 aromatic rings. The SMILES string of the molecule is CC(C)(C)Nc1ncc(N)c(NCC2CCN(C(=O)OC(C)(C)C)C2)n1. The van der Waals surface area contributed by atoms with Gasteiger partial charge in [0.25, 0.3) is 0 Å². The molecule has 1 fully saturated rings. The lowest BCUT2D eigenvalue weighted by atomic mass is 10.1. The molecule has 1 aliphatic rings. The van der Waals surface area contributed by atoms with Crippen molar-refractivity contribution in [1.82, 2.24) is 14.9 Å². The molecule has 2 rings (SSSR count). The maximum absolute atomic E-state index is 12.1. The Kier molecular flexibility index (Phi) is 5.83. The van der Waals surface area contributed by atoms with E-state index in [2.05, 4.69) is 20.6 Å². The zero-order valence-electron chi connectivity index (χ0n) is 16.7. The summed E-state index contributed by atoms with van der Waals surface area (Å²) in [7, 11) is 0. The van der Waals surface area contributed by atoms with E-state index in [9.17, 15) is 4.79 Å². The highest BCUT2D eigenvalue weighted by atomic mass is 16.6. The lowest BCUT2D eigenvalue weighted by Gasteiger charge is -2.24. The molecular formula is C18H32N6O2. The van der Waals surface area contributed by atoms with Crippen LogP contribution in [0.25, 0.3) is 0 Å². The van der Waals surface area contributed by atoms with Gasteiger partial charge in [0.2, 0.25) is 5.95 Å². The number of anilines is 3.